The van der Waals surface area contributed by atoms with Crippen LogP contribution in [0.5, 0.6) is 0 Å². The van der Waals surface area contributed by atoms with E-state index >= 15 is 0 Å². The number of piperidine rings is 1. The zero-order valence-electron chi connectivity index (χ0n) is 13.1. The molecule has 116 valence electrons. The molecule has 21 heavy (non-hydrogen) atoms. The monoisotopic (exact) mass is 292 g/mol. The van der Waals surface area contributed by atoms with E-state index in [0.29, 0.717) is 18.4 Å². The van der Waals surface area contributed by atoms with E-state index in [0.717, 1.165) is 18.7 Å². The summed E-state index contributed by atoms with van der Waals surface area (Å²) in [4.78, 5) is 14.5. The fourth-order valence-electron chi connectivity index (χ4n) is 3.13. The van der Waals surface area contributed by atoms with Crippen molar-refractivity contribution in [3.05, 3.63) is 35.6 Å². The Kier molecular flexibility index (Phi) is 5.34. The van der Waals surface area contributed by atoms with Gasteiger partial charge in [-0.05, 0) is 42.9 Å². The Labute approximate surface area is 126 Å². The van der Waals surface area contributed by atoms with Gasteiger partial charge in [-0.3, -0.25) is 9.69 Å². The minimum Gasteiger partial charge on any atom is -0.351 e. The van der Waals surface area contributed by atoms with E-state index < -0.39 is 0 Å². The molecule has 0 unspecified atom stereocenters. The number of rotatable bonds is 4. The minimum absolute atomic E-state index is 0.0422. The van der Waals surface area contributed by atoms with E-state index in [1.807, 2.05) is 6.92 Å². The van der Waals surface area contributed by atoms with Crippen LogP contribution in [0.15, 0.2) is 24.3 Å². The van der Waals surface area contributed by atoms with Gasteiger partial charge in [-0.25, -0.2) is 4.39 Å². The van der Waals surface area contributed by atoms with Crippen LogP contribution in [0.25, 0.3) is 0 Å². The summed E-state index contributed by atoms with van der Waals surface area (Å²) in [6, 6.07) is 6.12. The summed E-state index contributed by atoms with van der Waals surface area (Å²) in [5.74, 6) is 1.07. The van der Waals surface area contributed by atoms with Gasteiger partial charge in [-0.1, -0.05) is 26.0 Å². The normalized spacial score (nSPS) is 24.6. The Morgan fingerprint density at radius 3 is 2.43 bits per heavy atom. The first kappa shape index (κ1) is 16.0. The van der Waals surface area contributed by atoms with E-state index in [1.165, 1.54) is 18.6 Å². The lowest BCUT2D eigenvalue weighted by molar-refractivity contribution is -0.127. The number of hydrogen-bond donors (Lipinski definition) is 1. The molecule has 0 saturated carbocycles. The number of carbonyl (C=O) groups excluding carboxylic acids is 1. The average molecular weight is 292 g/mol. The summed E-state index contributed by atoms with van der Waals surface area (Å²) in [6.45, 7) is 8.86. The quantitative estimate of drug-likeness (QED) is 0.925. The topological polar surface area (TPSA) is 32.3 Å². The Morgan fingerprint density at radius 1 is 1.29 bits per heavy atom. The second kappa shape index (κ2) is 7.03. The number of nitrogens with one attached hydrogen (secondary N) is 1. The van der Waals surface area contributed by atoms with Crippen LogP contribution in [0.2, 0.25) is 0 Å². The van der Waals surface area contributed by atoms with E-state index in [2.05, 4.69) is 24.1 Å². The van der Waals surface area contributed by atoms with Crippen LogP contribution < -0.4 is 5.32 Å². The third-order valence-corrected chi connectivity index (χ3v) is 4.20. The zero-order valence-corrected chi connectivity index (χ0v) is 13.1. The summed E-state index contributed by atoms with van der Waals surface area (Å²) in [7, 11) is 0. The number of hydrogen-bond acceptors (Lipinski definition) is 2. The molecular weight excluding hydrogens is 267 g/mol. The van der Waals surface area contributed by atoms with E-state index in [1.54, 1.807) is 12.1 Å². The van der Waals surface area contributed by atoms with Crippen molar-refractivity contribution in [2.75, 3.05) is 13.1 Å². The van der Waals surface area contributed by atoms with Crippen LogP contribution in [0.3, 0.4) is 0 Å². The second-order valence-corrected chi connectivity index (χ2v) is 6.42. The molecule has 0 bridgehead atoms. The molecule has 1 saturated heterocycles. The summed E-state index contributed by atoms with van der Waals surface area (Å²) in [5, 5.41) is 2.94. The van der Waals surface area contributed by atoms with Crippen LogP contribution in [-0.2, 0) is 11.3 Å². The predicted molar refractivity (Wildman–Crippen MR) is 82.2 cm³/mol. The van der Waals surface area contributed by atoms with Crippen LogP contribution >= 0.6 is 0 Å². The Balaban J connectivity index is 1.86. The molecule has 3 nitrogen and oxygen atoms in total. The molecule has 0 spiro atoms. The molecular formula is C17H25FN2O. The molecule has 0 aromatic heterocycles. The molecule has 1 aliphatic heterocycles. The number of amides is 1. The lowest BCUT2D eigenvalue weighted by Crippen LogP contribution is -2.50. The fourth-order valence-corrected chi connectivity index (χ4v) is 3.13. The Hall–Kier alpha value is -1.42. The molecule has 2 rings (SSSR count). The number of likely N-dealkylation sites (tertiary alicyclic amines) is 1. The van der Waals surface area contributed by atoms with Gasteiger partial charge in [0.25, 0.3) is 0 Å². The average Bonchev–Trinajstić information content (AvgIpc) is 2.44. The first-order valence-electron chi connectivity index (χ1n) is 7.72. The van der Waals surface area contributed by atoms with E-state index in [-0.39, 0.29) is 17.8 Å². The minimum atomic E-state index is -0.255. The van der Waals surface area contributed by atoms with Crippen molar-refractivity contribution >= 4 is 5.91 Å². The van der Waals surface area contributed by atoms with Crippen molar-refractivity contribution in [2.24, 2.45) is 11.8 Å². The number of nitrogens with zero attached hydrogens (tertiary/aromatic N) is 1. The zero-order chi connectivity index (χ0) is 15.4. The van der Waals surface area contributed by atoms with E-state index in [9.17, 15) is 9.18 Å². The number of halogens is 1. The van der Waals surface area contributed by atoms with Gasteiger partial charge in [-0.15, -0.1) is 0 Å². The molecule has 1 amide bonds. The third kappa shape index (κ3) is 4.53. The molecule has 0 aliphatic carbocycles. The van der Waals surface area contributed by atoms with Gasteiger partial charge in [0.1, 0.15) is 5.82 Å². The molecule has 1 heterocycles. The van der Waals surface area contributed by atoms with Gasteiger partial charge >= 0.3 is 0 Å². The lowest BCUT2D eigenvalue weighted by Gasteiger charge is -2.38. The Morgan fingerprint density at radius 2 is 1.86 bits per heavy atom. The highest BCUT2D eigenvalue weighted by atomic mass is 19.1. The maximum Gasteiger partial charge on any atom is 0.237 e. The molecule has 0 radical (unpaired) electrons. The molecule has 3 atom stereocenters. The number of carbonyl (C=O) groups is 1. The van der Waals surface area contributed by atoms with Crippen molar-refractivity contribution in [3.8, 4) is 0 Å². The van der Waals surface area contributed by atoms with Gasteiger partial charge < -0.3 is 5.32 Å². The van der Waals surface area contributed by atoms with Crippen molar-refractivity contribution in [3.63, 3.8) is 0 Å². The molecule has 1 N–H and O–H groups in total. The van der Waals surface area contributed by atoms with Gasteiger partial charge in [0.15, 0.2) is 0 Å². The predicted octanol–water partition coefficient (Wildman–Crippen LogP) is 2.81. The van der Waals surface area contributed by atoms with E-state index in [4.69, 9.17) is 0 Å². The second-order valence-electron chi connectivity index (χ2n) is 6.42. The summed E-state index contributed by atoms with van der Waals surface area (Å²) >= 11 is 0. The summed E-state index contributed by atoms with van der Waals surface area (Å²) in [5.41, 5.74) is 0.914. The highest BCUT2D eigenvalue weighted by Crippen LogP contribution is 2.22. The molecule has 1 fully saturated rings. The largest absolute Gasteiger partial charge is 0.351 e. The van der Waals surface area contributed by atoms with Crippen molar-refractivity contribution < 1.29 is 9.18 Å². The Bertz CT molecular complexity index is 464. The van der Waals surface area contributed by atoms with Crippen LogP contribution in [0.1, 0.15) is 32.8 Å². The highest BCUT2D eigenvalue weighted by molar-refractivity contribution is 5.81. The molecule has 1 aromatic carbocycles. The van der Waals surface area contributed by atoms with Crippen molar-refractivity contribution in [1.82, 2.24) is 10.2 Å². The van der Waals surface area contributed by atoms with Crippen LogP contribution in [0.4, 0.5) is 4.39 Å². The van der Waals surface area contributed by atoms with Gasteiger partial charge in [0, 0.05) is 19.6 Å². The first-order valence-corrected chi connectivity index (χ1v) is 7.72. The van der Waals surface area contributed by atoms with Crippen molar-refractivity contribution in [1.29, 1.82) is 0 Å². The third-order valence-electron chi connectivity index (χ3n) is 4.20. The first-order chi connectivity index (χ1) is 9.95. The SMILES string of the molecule is C[C@@H]1C[C@@H](C)CN([C@@H](C)C(=O)NCc2ccc(F)cc2)C1. The molecule has 1 aliphatic rings. The maximum atomic E-state index is 12.8. The maximum absolute atomic E-state index is 12.8. The standard InChI is InChI=1S/C17H25FN2O/c1-12-8-13(2)11-20(10-12)14(3)17(21)19-9-15-4-6-16(18)7-5-15/h4-7,12-14H,8-11H2,1-3H3,(H,19,21)/t12-,13-,14+/m1/s1. The highest BCUT2D eigenvalue weighted by Gasteiger charge is 2.28. The summed E-state index contributed by atoms with van der Waals surface area (Å²) in [6.07, 6.45) is 1.24. The van der Waals surface area contributed by atoms with Crippen LogP contribution in [0, 0.1) is 17.7 Å². The number of benzene rings is 1. The van der Waals surface area contributed by atoms with Gasteiger partial charge in [0.05, 0.1) is 6.04 Å². The smallest absolute Gasteiger partial charge is 0.237 e. The molecule has 1 aromatic rings. The summed E-state index contributed by atoms with van der Waals surface area (Å²) < 4.78 is 12.8. The fraction of sp³-hybridized carbons (Fsp3) is 0.588. The van der Waals surface area contributed by atoms with Gasteiger partial charge in [0.2, 0.25) is 5.91 Å². The molecule has 4 heteroatoms. The van der Waals surface area contributed by atoms with Crippen LogP contribution in [-0.4, -0.2) is 29.9 Å². The lowest BCUT2D eigenvalue weighted by atomic mass is 9.91. The van der Waals surface area contributed by atoms with Crippen molar-refractivity contribution in [2.45, 2.75) is 39.8 Å². The van der Waals surface area contributed by atoms with Gasteiger partial charge in [-0.2, -0.15) is 0 Å².